The van der Waals surface area contributed by atoms with Crippen LogP contribution in [0.4, 0.5) is 0 Å². The number of nitrogens with one attached hydrogen (secondary N) is 1. The molecule has 3 heterocycles. The topological polar surface area (TPSA) is 109 Å². The van der Waals surface area contributed by atoms with Crippen LogP contribution >= 0.6 is 0 Å². The fourth-order valence-electron chi connectivity index (χ4n) is 2.98. The van der Waals surface area contributed by atoms with Crippen LogP contribution < -0.4 is 5.56 Å². The van der Waals surface area contributed by atoms with E-state index >= 15 is 0 Å². The third-order valence-corrected chi connectivity index (χ3v) is 3.96. The summed E-state index contributed by atoms with van der Waals surface area (Å²) in [4.78, 5) is 25.3. The van der Waals surface area contributed by atoms with Crippen molar-refractivity contribution in [1.29, 1.82) is 5.26 Å². The van der Waals surface area contributed by atoms with E-state index in [4.69, 9.17) is 9.47 Å². The third kappa shape index (κ3) is 2.71. The van der Waals surface area contributed by atoms with Crippen molar-refractivity contribution in [3.05, 3.63) is 34.0 Å². The molecule has 1 aliphatic heterocycles. The Bertz CT molecular complexity index is 847. The van der Waals surface area contributed by atoms with Gasteiger partial charge < -0.3 is 14.5 Å². The number of aromatic amines is 1. The maximum absolute atomic E-state index is 11.9. The lowest BCUT2D eigenvalue weighted by Gasteiger charge is -2.15. The van der Waals surface area contributed by atoms with E-state index in [-0.39, 0.29) is 47.3 Å². The summed E-state index contributed by atoms with van der Waals surface area (Å²) in [6, 6.07) is 3.65. The summed E-state index contributed by atoms with van der Waals surface area (Å²) in [7, 11) is 0. The molecule has 1 aliphatic rings. The number of nitrogens with zero attached hydrogens (tertiary/aromatic N) is 3. The average Bonchev–Trinajstić information content (AvgIpc) is 3.06. The number of carbonyl (C=O) groups is 1. The van der Waals surface area contributed by atoms with Gasteiger partial charge in [-0.15, -0.1) is 0 Å². The van der Waals surface area contributed by atoms with E-state index in [1.807, 2.05) is 13.0 Å². The number of ether oxygens (including phenoxy) is 2. The molecule has 0 saturated carbocycles. The van der Waals surface area contributed by atoms with Crippen LogP contribution in [0.15, 0.2) is 17.2 Å². The minimum Gasteiger partial charge on any atom is -0.463 e. The first-order valence-electron chi connectivity index (χ1n) is 7.29. The molecular formula is C15H16N4O4. The number of fused-ring (bicyclic) bond motifs is 1. The van der Waals surface area contributed by atoms with Crippen LogP contribution in [0.3, 0.4) is 0 Å². The molecule has 3 atom stereocenters. The molecule has 8 nitrogen and oxygen atoms in total. The molecule has 0 aliphatic carbocycles. The monoisotopic (exact) mass is 316 g/mol. The van der Waals surface area contributed by atoms with Gasteiger partial charge in [0.1, 0.15) is 30.6 Å². The van der Waals surface area contributed by atoms with Gasteiger partial charge in [0.2, 0.25) is 0 Å². The zero-order chi connectivity index (χ0) is 16.6. The SMILES string of the molecule is CC(=O)OC[C@@H]1C[C@H](C)[C@H](c2cc(C#N)c3c(=O)[nH]cnn23)O1. The first kappa shape index (κ1) is 15.2. The van der Waals surface area contributed by atoms with E-state index in [1.54, 1.807) is 6.07 Å². The minimum absolute atomic E-state index is 0.140. The van der Waals surface area contributed by atoms with Crippen molar-refractivity contribution in [1.82, 2.24) is 14.6 Å². The highest BCUT2D eigenvalue weighted by atomic mass is 16.6. The van der Waals surface area contributed by atoms with Crippen molar-refractivity contribution in [3.8, 4) is 6.07 Å². The van der Waals surface area contributed by atoms with E-state index in [2.05, 4.69) is 10.1 Å². The van der Waals surface area contributed by atoms with Crippen molar-refractivity contribution in [2.24, 2.45) is 5.92 Å². The lowest BCUT2D eigenvalue weighted by atomic mass is 9.99. The van der Waals surface area contributed by atoms with Crippen molar-refractivity contribution >= 4 is 11.5 Å². The predicted molar refractivity (Wildman–Crippen MR) is 78.6 cm³/mol. The lowest BCUT2D eigenvalue weighted by molar-refractivity contribution is -0.145. The Balaban J connectivity index is 1.95. The Kier molecular flexibility index (Phi) is 3.88. The van der Waals surface area contributed by atoms with Crippen molar-refractivity contribution in [3.63, 3.8) is 0 Å². The van der Waals surface area contributed by atoms with Gasteiger partial charge in [0.25, 0.3) is 5.56 Å². The summed E-state index contributed by atoms with van der Waals surface area (Å²) >= 11 is 0. The van der Waals surface area contributed by atoms with Gasteiger partial charge in [-0.2, -0.15) is 10.4 Å². The number of esters is 1. The Morgan fingerprint density at radius 3 is 3.13 bits per heavy atom. The molecule has 0 bridgehead atoms. The van der Waals surface area contributed by atoms with Gasteiger partial charge in [0.15, 0.2) is 0 Å². The van der Waals surface area contributed by atoms with Crippen LogP contribution in [0.1, 0.15) is 37.6 Å². The van der Waals surface area contributed by atoms with Gasteiger partial charge in [0.05, 0.1) is 17.4 Å². The van der Waals surface area contributed by atoms with Gasteiger partial charge in [-0.25, -0.2) is 4.52 Å². The van der Waals surface area contributed by atoms with Gasteiger partial charge in [0, 0.05) is 6.92 Å². The van der Waals surface area contributed by atoms with Crippen molar-refractivity contribution in [2.75, 3.05) is 6.61 Å². The van der Waals surface area contributed by atoms with Gasteiger partial charge >= 0.3 is 5.97 Å². The highest BCUT2D eigenvalue weighted by Crippen LogP contribution is 2.38. The first-order valence-corrected chi connectivity index (χ1v) is 7.29. The van der Waals surface area contributed by atoms with Gasteiger partial charge in [-0.05, 0) is 18.4 Å². The number of hydrogen-bond acceptors (Lipinski definition) is 6. The number of carbonyl (C=O) groups excluding carboxylic acids is 1. The maximum Gasteiger partial charge on any atom is 0.302 e. The van der Waals surface area contributed by atoms with Gasteiger partial charge in [-0.3, -0.25) is 9.59 Å². The normalized spacial score (nSPS) is 23.8. The molecule has 0 spiro atoms. The molecule has 0 unspecified atom stereocenters. The number of nitriles is 1. The fourth-order valence-corrected chi connectivity index (χ4v) is 2.98. The van der Waals surface area contributed by atoms with Crippen LogP contribution in [-0.2, 0) is 14.3 Å². The average molecular weight is 316 g/mol. The summed E-state index contributed by atoms with van der Waals surface area (Å²) in [5, 5.41) is 13.4. The van der Waals surface area contributed by atoms with Crippen LogP contribution in [0.25, 0.3) is 5.52 Å². The summed E-state index contributed by atoms with van der Waals surface area (Å²) in [5.74, 6) is -0.209. The Morgan fingerprint density at radius 1 is 1.65 bits per heavy atom. The molecule has 120 valence electrons. The van der Waals surface area contributed by atoms with Gasteiger partial charge in [-0.1, -0.05) is 6.92 Å². The maximum atomic E-state index is 11.9. The Labute approximate surface area is 131 Å². The zero-order valence-corrected chi connectivity index (χ0v) is 12.8. The smallest absolute Gasteiger partial charge is 0.302 e. The van der Waals surface area contributed by atoms with Crippen LogP contribution in [0.5, 0.6) is 0 Å². The van der Waals surface area contributed by atoms with E-state index in [9.17, 15) is 14.9 Å². The van der Waals surface area contributed by atoms with E-state index in [1.165, 1.54) is 17.8 Å². The van der Waals surface area contributed by atoms with E-state index in [0.717, 1.165) is 6.42 Å². The summed E-state index contributed by atoms with van der Waals surface area (Å²) < 4.78 is 12.4. The fraction of sp³-hybridized carbons (Fsp3) is 0.467. The molecule has 8 heteroatoms. The largest absolute Gasteiger partial charge is 0.463 e. The number of aromatic nitrogens is 3. The van der Waals surface area contributed by atoms with E-state index in [0.29, 0.717) is 5.69 Å². The molecule has 1 saturated heterocycles. The molecule has 0 aromatic carbocycles. The lowest BCUT2D eigenvalue weighted by Crippen LogP contribution is -2.18. The highest BCUT2D eigenvalue weighted by Gasteiger charge is 2.36. The minimum atomic E-state index is -0.370. The summed E-state index contributed by atoms with van der Waals surface area (Å²) in [6.45, 7) is 3.56. The number of rotatable bonds is 3. The van der Waals surface area contributed by atoms with Crippen LogP contribution in [-0.4, -0.2) is 33.3 Å². The number of H-pyrrole nitrogens is 1. The number of hydrogen-bond donors (Lipinski definition) is 1. The standard InChI is InChI=1S/C15H16N4O4/c1-8-3-11(6-22-9(2)20)23-14(8)12-4-10(5-16)13-15(21)17-7-18-19(12)13/h4,7-8,11,14H,3,6H2,1-2H3,(H,17,18,21)/t8-,11-,14+/m0/s1. The quantitative estimate of drug-likeness (QED) is 0.843. The summed E-state index contributed by atoms with van der Waals surface area (Å²) in [6.07, 6.45) is 1.48. The van der Waals surface area contributed by atoms with E-state index < -0.39 is 0 Å². The predicted octanol–water partition coefficient (Wildman–Crippen LogP) is 0.923. The second kappa shape index (κ2) is 5.85. The molecule has 0 amide bonds. The second-order valence-electron chi connectivity index (χ2n) is 5.67. The molecule has 23 heavy (non-hydrogen) atoms. The third-order valence-electron chi connectivity index (χ3n) is 3.96. The molecule has 1 fully saturated rings. The van der Waals surface area contributed by atoms with Crippen molar-refractivity contribution < 1.29 is 14.3 Å². The van der Waals surface area contributed by atoms with Crippen LogP contribution in [0, 0.1) is 17.2 Å². The van der Waals surface area contributed by atoms with Crippen LogP contribution in [0.2, 0.25) is 0 Å². The Hall–Kier alpha value is -2.66. The Morgan fingerprint density at radius 2 is 2.43 bits per heavy atom. The highest BCUT2D eigenvalue weighted by molar-refractivity contribution is 5.65. The zero-order valence-electron chi connectivity index (χ0n) is 12.8. The first-order chi connectivity index (χ1) is 11.0. The molecule has 2 aromatic heterocycles. The molecule has 0 radical (unpaired) electrons. The second-order valence-corrected chi connectivity index (χ2v) is 5.67. The molecular weight excluding hydrogens is 300 g/mol. The molecule has 2 aromatic rings. The molecule has 3 rings (SSSR count). The summed E-state index contributed by atoms with van der Waals surface area (Å²) in [5.41, 5.74) is 0.753. The van der Waals surface area contributed by atoms with Crippen molar-refractivity contribution in [2.45, 2.75) is 32.5 Å². The molecule has 1 N–H and O–H groups in total.